The van der Waals surface area contributed by atoms with Crippen LogP contribution in [0.5, 0.6) is 0 Å². The highest BCUT2D eigenvalue weighted by Gasteiger charge is 2.15. The molecule has 0 aliphatic heterocycles. The van der Waals surface area contributed by atoms with Crippen molar-refractivity contribution in [1.82, 2.24) is 9.99 Å². The Morgan fingerprint density at radius 3 is 2.64 bits per heavy atom. The summed E-state index contributed by atoms with van der Waals surface area (Å²) in [4.78, 5) is 24.2. The summed E-state index contributed by atoms with van der Waals surface area (Å²) in [6.45, 7) is 4.12. The first-order valence-electron chi connectivity index (χ1n) is 8.84. The predicted octanol–water partition coefficient (Wildman–Crippen LogP) is 3.93. The van der Waals surface area contributed by atoms with Crippen molar-refractivity contribution >= 4 is 40.6 Å². The van der Waals surface area contributed by atoms with Gasteiger partial charge < -0.3 is 9.30 Å². The van der Waals surface area contributed by atoms with Gasteiger partial charge in [-0.3, -0.25) is 9.59 Å². The molecule has 0 spiro atoms. The molecule has 2 aromatic carbocycles. The Labute approximate surface area is 167 Å². The van der Waals surface area contributed by atoms with Gasteiger partial charge in [-0.05, 0) is 32.0 Å². The molecular formula is C21H20ClN3O3. The van der Waals surface area contributed by atoms with Crippen LogP contribution in [0, 0.1) is 6.92 Å². The maximum absolute atomic E-state index is 12.3. The Balaban J connectivity index is 1.88. The standard InChI is InChI=1S/C21H20ClN3O3/c1-3-28-20(26)13-25-14(2)17(15-8-5-7-11-19(15)25)12-23-24-21(27)16-9-4-6-10-18(16)22/h4-12H,3,13H2,1-2H3,(H,24,27)/b23-12-. The number of fused-ring (bicyclic) bond motifs is 1. The van der Waals surface area contributed by atoms with Gasteiger partial charge in [-0.1, -0.05) is 41.9 Å². The number of halogens is 1. The fourth-order valence-electron chi connectivity index (χ4n) is 3.02. The summed E-state index contributed by atoms with van der Waals surface area (Å²) in [6.07, 6.45) is 1.58. The summed E-state index contributed by atoms with van der Waals surface area (Å²) in [5.74, 6) is -0.698. The normalized spacial score (nSPS) is 11.1. The minimum Gasteiger partial charge on any atom is -0.465 e. The number of carbonyl (C=O) groups is 2. The number of nitrogens with one attached hydrogen (secondary N) is 1. The van der Waals surface area contributed by atoms with Gasteiger partial charge in [0, 0.05) is 22.2 Å². The lowest BCUT2D eigenvalue weighted by Gasteiger charge is -2.07. The average Bonchev–Trinajstić information content (AvgIpc) is 2.94. The summed E-state index contributed by atoms with van der Waals surface area (Å²) in [5, 5.41) is 5.38. The fraction of sp³-hybridized carbons (Fsp3) is 0.190. The molecule has 0 atom stereocenters. The molecule has 3 rings (SSSR count). The minimum absolute atomic E-state index is 0.111. The van der Waals surface area contributed by atoms with Gasteiger partial charge in [-0.2, -0.15) is 5.10 Å². The number of rotatable bonds is 6. The summed E-state index contributed by atoms with van der Waals surface area (Å²) in [7, 11) is 0. The maximum atomic E-state index is 12.3. The van der Waals surface area contributed by atoms with E-state index >= 15 is 0 Å². The van der Waals surface area contributed by atoms with Gasteiger partial charge in [0.05, 0.1) is 23.4 Å². The smallest absolute Gasteiger partial charge is 0.325 e. The highest BCUT2D eigenvalue weighted by atomic mass is 35.5. The molecule has 0 saturated heterocycles. The SMILES string of the molecule is CCOC(=O)Cn1c(C)c(/C=N\NC(=O)c2ccccc2Cl)c2ccccc21. The molecule has 1 N–H and O–H groups in total. The lowest BCUT2D eigenvalue weighted by molar-refractivity contribution is -0.143. The number of esters is 1. The number of nitrogens with zero attached hydrogens (tertiary/aromatic N) is 2. The molecule has 1 amide bonds. The third-order valence-electron chi connectivity index (χ3n) is 4.35. The van der Waals surface area contributed by atoms with E-state index in [0.29, 0.717) is 17.2 Å². The van der Waals surface area contributed by atoms with Crippen LogP contribution >= 0.6 is 11.6 Å². The number of carbonyl (C=O) groups excluding carboxylic acids is 2. The molecular weight excluding hydrogens is 378 g/mol. The number of hydrazone groups is 1. The Morgan fingerprint density at radius 2 is 1.89 bits per heavy atom. The van der Waals surface area contributed by atoms with Crippen molar-refractivity contribution in [2.45, 2.75) is 20.4 Å². The lowest BCUT2D eigenvalue weighted by atomic mass is 10.1. The van der Waals surface area contributed by atoms with E-state index in [1.54, 1.807) is 37.4 Å². The van der Waals surface area contributed by atoms with E-state index < -0.39 is 5.91 Å². The van der Waals surface area contributed by atoms with Crippen LogP contribution in [0.1, 0.15) is 28.5 Å². The van der Waals surface area contributed by atoms with Crippen LogP contribution in [0.4, 0.5) is 0 Å². The topological polar surface area (TPSA) is 72.7 Å². The Hall–Kier alpha value is -3.12. The first-order valence-corrected chi connectivity index (χ1v) is 9.22. The largest absolute Gasteiger partial charge is 0.465 e. The monoisotopic (exact) mass is 397 g/mol. The maximum Gasteiger partial charge on any atom is 0.325 e. The van der Waals surface area contributed by atoms with Gasteiger partial charge in [-0.25, -0.2) is 5.43 Å². The van der Waals surface area contributed by atoms with Gasteiger partial charge in [0.1, 0.15) is 6.54 Å². The second-order valence-electron chi connectivity index (χ2n) is 6.09. The van der Waals surface area contributed by atoms with Crippen molar-refractivity contribution in [3.8, 4) is 0 Å². The summed E-state index contributed by atoms with van der Waals surface area (Å²) in [5.41, 5.74) is 5.41. The van der Waals surface area contributed by atoms with Gasteiger partial charge in [0.15, 0.2) is 0 Å². The van der Waals surface area contributed by atoms with Crippen molar-refractivity contribution in [2.24, 2.45) is 5.10 Å². The lowest BCUT2D eigenvalue weighted by Crippen LogP contribution is -2.18. The van der Waals surface area contributed by atoms with Crippen molar-refractivity contribution in [1.29, 1.82) is 0 Å². The zero-order chi connectivity index (χ0) is 20.1. The Kier molecular flexibility index (Phi) is 6.11. The fourth-order valence-corrected chi connectivity index (χ4v) is 3.24. The van der Waals surface area contributed by atoms with Crippen LogP contribution in [0.3, 0.4) is 0 Å². The summed E-state index contributed by atoms with van der Waals surface area (Å²) in [6, 6.07) is 14.5. The average molecular weight is 398 g/mol. The van der Waals surface area contributed by atoms with Gasteiger partial charge in [0.25, 0.3) is 5.91 Å². The van der Waals surface area contributed by atoms with Crippen LogP contribution in [0.15, 0.2) is 53.6 Å². The van der Waals surface area contributed by atoms with Crippen LogP contribution in [-0.2, 0) is 16.1 Å². The number of para-hydroxylation sites is 1. The van der Waals surface area contributed by atoms with E-state index in [4.69, 9.17) is 16.3 Å². The second-order valence-corrected chi connectivity index (χ2v) is 6.49. The number of amides is 1. The van der Waals surface area contributed by atoms with Crippen molar-refractivity contribution in [3.05, 3.63) is 70.4 Å². The van der Waals surface area contributed by atoms with E-state index in [2.05, 4.69) is 10.5 Å². The predicted molar refractivity (Wildman–Crippen MR) is 110 cm³/mol. The molecule has 0 bridgehead atoms. The van der Waals surface area contributed by atoms with Crippen molar-refractivity contribution in [3.63, 3.8) is 0 Å². The Bertz CT molecular complexity index is 1060. The molecule has 0 radical (unpaired) electrons. The zero-order valence-corrected chi connectivity index (χ0v) is 16.4. The van der Waals surface area contributed by atoms with Gasteiger partial charge in [0.2, 0.25) is 0 Å². The third kappa shape index (κ3) is 4.07. The van der Waals surface area contributed by atoms with Crippen LogP contribution in [0.25, 0.3) is 10.9 Å². The first-order chi connectivity index (χ1) is 13.5. The summed E-state index contributed by atoms with van der Waals surface area (Å²) < 4.78 is 6.95. The number of ether oxygens (including phenoxy) is 1. The van der Waals surface area contributed by atoms with Crippen LogP contribution in [-0.4, -0.2) is 29.3 Å². The minimum atomic E-state index is -0.394. The highest BCUT2D eigenvalue weighted by molar-refractivity contribution is 6.33. The van der Waals surface area contributed by atoms with E-state index in [-0.39, 0.29) is 12.5 Å². The van der Waals surface area contributed by atoms with E-state index in [1.807, 2.05) is 35.8 Å². The van der Waals surface area contributed by atoms with E-state index in [1.165, 1.54) is 0 Å². The van der Waals surface area contributed by atoms with Gasteiger partial charge in [-0.15, -0.1) is 0 Å². The van der Waals surface area contributed by atoms with Crippen molar-refractivity contribution in [2.75, 3.05) is 6.61 Å². The number of hydrogen-bond acceptors (Lipinski definition) is 4. The Morgan fingerprint density at radius 1 is 1.18 bits per heavy atom. The zero-order valence-electron chi connectivity index (χ0n) is 15.6. The van der Waals surface area contributed by atoms with Crippen LogP contribution < -0.4 is 5.43 Å². The number of aromatic nitrogens is 1. The van der Waals surface area contributed by atoms with Gasteiger partial charge >= 0.3 is 5.97 Å². The molecule has 0 aliphatic rings. The molecule has 0 unspecified atom stereocenters. The second kappa shape index (κ2) is 8.71. The molecule has 1 aromatic heterocycles. The molecule has 0 aliphatic carbocycles. The van der Waals surface area contributed by atoms with Crippen molar-refractivity contribution < 1.29 is 14.3 Å². The van der Waals surface area contributed by atoms with E-state index in [9.17, 15) is 9.59 Å². The first kappa shape index (κ1) is 19.6. The number of hydrogen-bond donors (Lipinski definition) is 1. The quantitative estimate of drug-likeness (QED) is 0.389. The van der Waals surface area contributed by atoms with Crippen LogP contribution in [0.2, 0.25) is 5.02 Å². The molecule has 7 heteroatoms. The molecule has 3 aromatic rings. The summed E-state index contributed by atoms with van der Waals surface area (Å²) >= 11 is 6.04. The number of benzene rings is 2. The molecule has 0 fully saturated rings. The van der Waals surface area contributed by atoms with E-state index in [0.717, 1.165) is 22.2 Å². The molecule has 1 heterocycles. The molecule has 28 heavy (non-hydrogen) atoms. The molecule has 0 saturated carbocycles. The molecule has 144 valence electrons. The third-order valence-corrected chi connectivity index (χ3v) is 4.68. The molecule has 6 nitrogen and oxygen atoms in total. The highest BCUT2D eigenvalue weighted by Crippen LogP contribution is 2.24.